The molecule has 7 aromatic heterocycles. The van der Waals surface area contributed by atoms with Gasteiger partial charge >= 0.3 is 6.09 Å². The molecule has 2 aliphatic rings. The molecule has 87 heavy (non-hydrogen) atoms. The maximum atomic E-state index is 15.3. The Hall–Kier alpha value is -8.78. The van der Waals surface area contributed by atoms with Crippen molar-refractivity contribution in [3.8, 4) is 49.1 Å². The Morgan fingerprint density at radius 1 is 0.701 bits per heavy atom. The second kappa shape index (κ2) is 25.7. The number of ether oxygens (including phenoxy) is 2. The van der Waals surface area contributed by atoms with Crippen LogP contribution in [0.1, 0.15) is 117 Å². The number of carbonyl (C=O) groups excluding carboxylic acids is 7. The van der Waals surface area contributed by atoms with Crippen LogP contribution < -0.4 is 37.5 Å². The zero-order chi connectivity index (χ0) is 61.2. The van der Waals surface area contributed by atoms with E-state index in [2.05, 4.69) is 31.2 Å². The minimum atomic E-state index is -1.28. The van der Waals surface area contributed by atoms with E-state index in [-0.39, 0.29) is 52.3 Å². The molecule has 0 saturated carbocycles. The molecule has 11 rings (SSSR count). The molecule has 0 spiro atoms. The third-order valence-corrected chi connectivity index (χ3v) is 19.8. The highest BCUT2D eigenvalue weighted by Crippen LogP contribution is 2.43. The van der Waals surface area contributed by atoms with Crippen LogP contribution in [-0.2, 0) is 20.7 Å². The van der Waals surface area contributed by atoms with Gasteiger partial charge in [-0.05, 0) is 49.2 Å². The number of aliphatic hydroxyl groups excluding tert-OH is 1. The summed E-state index contributed by atoms with van der Waals surface area (Å²) in [6, 6.07) is 14.7. The Bertz CT molecular complexity index is 4090. The molecule has 2 aliphatic heterocycles. The van der Waals surface area contributed by atoms with Crippen molar-refractivity contribution in [1.29, 1.82) is 0 Å². The Morgan fingerprint density at radius 2 is 1.36 bits per heavy atom. The number of nitrogens with one attached hydrogen (secondary N) is 4. The van der Waals surface area contributed by atoms with Crippen LogP contribution >= 0.6 is 68.0 Å². The Balaban J connectivity index is 1.03. The van der Waals surface area contributed by atoms with Crippen molar-refractivity contribution in [2.24, 2.45) is 17.4 Å². The van der Waals surface area contributed by atoms with Crippen LogP contribution in [0.4, 0.5) is 4.79 Å². The fourth-order valence-corrected chi connectivity index (χ4v) is 15.2. The standard InChI is InChI=1S/C57H52N14O10S6/c1-5-60-57(79)81-45(28-9-7-6-8-10-28)43-54-67-37(23-85-54)48(76)63-33(17-27-11-13-29(80-4)14-12-27)56(78)71-19-39(72)25(2)44(71)55-68-38(24-86-55)52-64-34(20-83-52)42-30(15-16-31(61-42)51-65-35(21-84-51)46(59)74)50-66-36(22-82-50)47(75)62-32(18-40(58)73)53-70-41(26(3)87-53)49(77)69-43/h6-16,20-25,32-33,39,43-45,72H,5,17-19H2,1-4H3,(H2,58,73)(H2,59,74)(H,60,79)(H,62,75)(H,63,76)(H,69,77)/t25-,32-,33-,39-,43-,44-,45+/m0/s1. The minimum Gasteiger partial charge on any atom is -0.497 e. The van der Waals surface area contributed by atoms with Gasteiger partial charge in [-0.1, -0.05) is 49.4 Å². The number of rotatable bonds is 11. The number of aromatic nitrogens is 7. The van der Waals surface area contributed by atoms with E-state index in [0.29, 0.717) is 70.1 Å². The van der Waals surface area contributed by atoms with Crippen LogP contribution in [0.25, 0.3) is 43.4 Å². The summed E-state index contributed by atoms with van der Waals surface area (Å²) in [5, 5.41) is 33.1. The highest BCUT2D eigenvalue weighted by atomic mass is 32.1. The minimum absolute atomic E-state index is 0.00670. The number of hydrogen-bond acceptors (Lipinski definition) is 23. The number of nitrogens with two attached hydrogens (primary N) is 2. The number of thiazole rings is 6. The van der Waals surface area contributed by atoms with Gasteiger partial charge < -0.3 is 52.2 Å². The molecule has 24 nitrogen and oxygen atoms in total. The summed E-state index contributed by atoms with van der Waals surface area (Å²) in [5.41, 5.74) is 14.4. The first-order valence-corrected chi connectivity index (χ1v) is 32.0. The molecule has 0 unspecified atom stereocenters. The number of nitrogens with zero attached hydrogens (tertiary/aromatic N) is 8. The zero-order valence-corrected chi connectivity index (χ0v) is 51.3. The first-order chi connectivity index (χ1) is 41.9. The molecule has 7 atom stereocenters. The summed E-state index contributed by atoms with van der Waals surface area (Å²) in [5.74, 6) is -4.14. The molecule has 446 valence electrons. The largest absolute Gasteiger partial charge is 0.497 e. The van der Waals surface area contributed by atoms with E-state index in [0.717, 1.165) is 34.0 Å². The maximum Gasteiger partial charge on any atom is 0.407 e. The van der Waals surface area contributed by atoms with E-state index in [4.69, 9.17) is 45.9 Å². The van der Waals surface area contributed by atoms with Crippen LogP contribution in [0.5, 0.6) is 5.75 Å². The highest BCUT2D eigenvalue weighted by Gasteiger charge is 2.46. The molecule has 1 saturated heterocycles. The molecular weight excluding hydrogens is 1230 g/mol. The smallest absolute Gasteiger partial charge is 0.407 e. The lowest BCUT2D eigenvalue weighted by atomic mass is 10.00. The van der Waals surface area contributed by atoms with Crippen LogP contribution in [0, 0.1) is 12.8 Å². The Labute approximate surface area is 519 Å². The molecule has 10 bridgehead atoms. The summed E-state index contributed by atoms with van der Waals surface area (Å²) in [7, 11) is 1.53. The number of fused-ring (bicyclic) bond motifs is 16. The van der Waals surface area contributed by atoms with Crippen molar-refractivity contribution in [3.05, 3.63) is 147 Å². The molecule has 30 heteroatoms. The number of amides is 7. The summed E-state index contributed by atoms with van der Waals surface area (Å²) >= 11 is 6.90. The Kier molecular flexibility index (Phi) is 17.7. The molecular formula is C57H52N14O10S6. The SMILES string of the molecule is CCNC(=O)O[C@H](c1ccccc1)[C@@H]1NC(=O)c2nc(sc2C)[C@H](CC(N)=O)NC(=O)c2csc(n2)-c2ccc(-c3nc(C(N)=O)cs3)nc2-c2csc(n2)-c2csc(n2)[C@@H]2[C@@H](C)[C@@H](O)CN2C(=O)[C@H](Cc2ccc(OC)cc2)NC(=O)c2csc1n2. The van der Waals surface area contributed by atoms with Crippen molar-refractivity contribution >= 4 is 110 Å². The molecule has 7 amide bonds. The van der Waals surface area contributed by atoms with E-state index < -0.39 is 90.3 Å². The first-order valence-electron chi connectivity index (χ1n) is 26.8. The van der Waals surface area contributed by atoms with Gasteiger partial charge in [0.1, 0.15) is 87.7 Å². The van der Waals surface area contributed by atoms with Gasteiger partial charge in [0.2, 0.25) is 11.8 Å². The van der Waals surface area contributed by atoms with Crippen molar-refractivity contribution in [2.75, 3.05) is 20.2 Å². The van der Waals surface area contributed by atoms with Crippen LogP contribution in [0.15, 0.2) is 93.6 Å². The predicted octanol–water partition coefficient (Wildman–Crippen LogP) is 7.44. The molecule has 9 aromatic rings. The number of aryl methyl sites for hydroxylation is 1. The average Bonchev–Trinajstić information content (AvgIpc) is 2.57. The van der Waals surface area contributed by atoms with Crippen LogP contribution in [0.3, 0.4) is 0 Å². The number of alkyl carbamates (subject to hydrolysis) is 1. The second-order valence-electron chi connectivity index (χ2n) is 20.0. The lowest BCUT2D eigenvalue weighted by Crippen LogP contribution is -2.50. The topological polar surface area (TPSA) is 352 Å². The van der Waals surface area contributed by atoms with Gasteiger partial charge in [-0.25, -0.2) is 39.7 Å². The number of carbonyl (C=O) groups is 7. The monoisotopic (exact) mass is 1280 g/mol. The van der Waals surface area contributed by atoms with Gasteiger partial charge in [-0.2, -0.15) is 0 Å². The van der Waals surface area contributed by atoms with Gasteiger partial charge in [0.25, 0.3) is 23.6 Å². The molecule has 1 fully saturated rings. The number of aliphatic hydroxyl groups is 1. The van der Waals surface area contributed by atoms with E-state index in [1.54, 1.807) is 86.0 Å². The van der Waals surface area contributed by atoms with E-state index in [9.17, 15) is 33.9 Å². The van der Waals surface area contributed by atoms with E-state index in [1.165, 1.54) is 62.2 Å². The number of methoxy groups -OCH3 is 1. The number of pyridine rings is 1. The van der Waals surface area contributed by atoms with Crippen LogP contribution in [-0.4, -0.2) is 119 Å². The van der Waals surface area contributed by atoms with Gasteiger partial charge in [-0.3, -0.25) is 28.8 Å². The van der Waals surface area contributed by atoms with Gasteiger partial charge in [0, 0.05) is 62.8 Å². The highest BCUT2D eigenvalue weighted by molar-refractivity contribution is 7.15. The molecule has 0 radical (unpaired) electrons. The van der Waals surface area contributed by atoms with Crippen molar-refractivity contribution in [2.45, 2.75) is 70.0 Å². The Morgan fingerprint density at radius 3 is 2.08 bits per heavy atom. The average molecular weight is 1290 g/mol. The quantitative estimate of drug-likeness (QED) is 0.0661. The van der Waals surface area contributed by atoms with Crippen LogP contribution in [0.2, 0.25) is 0 Å². The van der Waals surface area contributed by atoms with Crippen molar-refractivity contribution in [3.63, 3.8) is 0 Å². The van der Waals surface area contributed by atoms with E-state index >= 15 is 4.79 Å². The molecule has 2 aromatic carbocycles. The molecule has 0 aliphatic carbocycles. The van der Waals surface area contributed by atoms with Gasteiger partial charge in [-0.15, -0.1) is 68.0 Å². The zero-order valence-electron chi connectivity index (χ0n) is 46.4. The lowest BCUT2D eigenvalue weighted by Gasteiger charge is -2.29. The third-order valence-electron chi connectivity index (χ3n) is 14.2. The summed E-state index contributed by atoms with van der Waals surface area (Å²) < 4.78 is 11.5. The normalized spacial score (nSPS) is 19.3. The van der Waals surface area contributed by atoms with Gasteiger partial charge in [0.05, 0.1) is 37.4 Å². The third kappa shape index (κ3) is 12.9. The first kappa shape index (κ1) is 59.9. The fourth-order valence-electron chi connectivity index (χ4n) is 9.86. The molecule has 9 N–H and O–H groups in total. The molecule has 9 heterocycles. The summed E-state index contributed by atoms with van der Waals surface area (Å²) in [6.45, 7) is 5.29. The fraction of sp³-hybridized carbons (Fsp3) is 0.263. The summed E-state index contributed by atoms with van der Waals surface area (Å²) in [4.78, 5) is 133. The van der Waals surface area contributed by atoms with E-state index in [1.807, 2.05) is 12.3 Å². The van der Waals surface area contributed by atoms with Gasteiger partial charge in [0.15, 0.2) is 6.10 Å². The lowest BCUT2D eigenvalue weighted by molar-refractivity contribution is -0.134. The predicted molar refractivity (Wildman–Crippen MR) is 327 cm³/mol. The number of benzene rings is 2. The number of hydrogen-bond donors (Lipinski definition) is 7. The number of primary amides is 2. The maximum absolute atomic E-state index is 15.3. The summed E-state index contributed by atoms with van der Waals surface area (Å²) in [6.07, 6.45) is -3.45. The second-order valence-corrected chi connectivity index (χ2v) is 25.6. The van der Waals surface area contributed by atoms with Crippen molar-refractivity contribution in [1.82, 2.24) is 61.1 Å². The van der Waals surface area contributed by atoms with Crippen molar-refractivity contribution < 1.29 is 48.1 Å².